The molecule has 0 aliphatic carbocycles. The van der Waals surface area contributed by atoms with Crippen LogP contribution in [0.2, 0.25) is 0 Å². The lowest BCUT2D eigenvalue weighted by molar-refractivity contribution is -0.118. The number of nitrogens with one attached hydrogen (secondary N) is 1. The van der Waals surface area contributed by atoms with Crippen molar-refractivity contribution in [1.29, 1.82) is 0 Å². The maximum Gasteiger partial charge on any atom is 0.243 e. The summed E-state index contributed by atoms with van der Waals surface area (Å²) in [7, 11) is 0. The molecule has 1 fully saturated rings. The van der Waals surface area contributed by atoms with Gasteiger partial charge in [-0.25, -0.2) is 0 Å². The molecule has 3 rings (SSSR count). The van der Waals surface area contributed by atoms with Gasteiger partial charge in [0.1, 0.15) is 5.25 Å². The molecule has 1 unspecified atom stereocenters. The van der Waals surface area contributed by atoms with Gasteiger partial charge in [0.15, 0.2) is 0 Å². The highest BCUT2D eigenvalue weighted by Crippen LogP contribution is 2.30. The van der Waals surface area contributed by atoms with Crippen LogP contribution in [0.15, 0.2) is 35.6 Å². The number of carbonyl (C=O) groups is 1. The Morgan fingerprint density at radius 1 is 1.53 bits per heavy atom. The van der Waals surface area contributed by atoms with E-state index in [1.807, 2.05) is 12.1 Å². The minimum absolute atomic E-state index is 0.0159. The number of hydrogen-bond donors (Lipinski definition) is 1. The normalized spacial score (nSPS) is 23.1. The van der Waals surface area contributed by atoms with Crippen LogP contribution in [0.25, 0.3) is 0 Å². The third-order valence-electron chi connectivity index (χ3n) is 2.74. The SMILES string of the molecule is C=C1CSC(C2=Nc3cccnc3C2)C(=O)N1. The lowest BCUT2D eigenvalue weighted by Crippen LogP contribution is -2.42. The van der Waals surface area contributed by atoms with Crippen molar-refractivity contribution >= 4 is 29.1 Å². The van der Waals surface area contributed by atoms with E-state index in [0.29, 0.717) is 6.42 Å². The summed E-state index contributed by atoms with van der Waals surface area (Å²) in [6.07, 6.45) is 2.43. The number of amides is 1. The zero-order chi connectivity index (χ0) is 11.8. The summed E-state index contributed by atoms with van der Waals surface area (Å²) in [4.78, 5) is 20.6. The largest absolute Gasteiger partial charge is 0.328 e. The summed E-state index contributed by atoms with van der Waals surface area (Å²) in [6, 6.07) is 3.79. The fourth-order valence-corrected chi connectivity index (χ4v) is 2.95. The Bertz CT molecular complexity index is 538. The molecule has 3 heterocycles. The second-order valence-electron chi connectivity index (χ2n) is 4.03. The van der Waals surface area contributed by atoms with Crippen molar-refractivity contribution < 1.29 is 4.79 Å². The first-order valence-corrected chi connectivity index (χ1v) is 6.40. The number of fused-ring (bicyclic) bond motifs is 1. The Hall–Kier alpha value is -1.62. The van der Waals surface area contributed by atoms with Crippen LogP contribution in [-0.2, 0) is 11.2 Å². The summed E-state index contributed by atoms with van der Waals surface area (Å²) in [5.41, 5.74) is 3.51. The van der Waals surface area contributed by atoms with Gasteiger partial charge in [0.05, 0.1) is 11.4 Å². The smallest absolute Gasteiger partial charge is 0.243 e. The first-order valence-electron chi connectivity index (χ1n) is 5.35. The molecule has 5 heteroatoms. The van der Waals surface area contributed by atoms with E-state index < -0.39 is 0 Å². The zero-order valence-corrected chi connectivity index (χ0v) is 9.96. The first kappa shape index (κ1) is 10.5. The molecule has 86 valence electrons. The van der Waals surface area contributed by atoms with Gasteiger partial charge in [0.2, 0.25) is 5.91 Å². The lowest BCUT2D eigenvalue weighted by atomic mass is 10.1. The number of rotatable bonds is 1. The zero-order valence-electron chi connectivity index (χ0n) is 9.14. The van der Waals surface area contributed by atoms with Gasteiger partial charge in [0, 0.05) is 29.8 Å². The van der Waals surface area contributed by atoms with E-state index in [-0.39, 0.29) is 11.2 Å². The Balaban J connectivity index is 1.84. The van der Waals surface area contributed by atoms with Crippen LogP contribution >= 0.6 is 11.8 Å². The number of hydrogen-bond acceptors (Lipinski definition) is 4. The molecule has 0 aromatic carbocycles. The molecule has 1 aromatic heterocycles. The van der Waals surface area contributed by atoms with Crippen LogP contribution < -0.4 is 5.32 Å². The molecule has 1 saturated heterocycles. The van der Waals surface area contributed by atoms with Gasteiger partial charge in [0.25, 0.3) is 0 Å². The van der Waals surface area contributed by atoms with Crippen LogP contribution in [-0.4, -0.2) is 27.6 Å². The van der Waals surface area contributed by atoms with Crippen molar-refractivity contribution in [3.05, 3.63) is 36.3 Å². The highest BCUT2D eigenvalue weighted by molar-refractivity contribution is 8.01. The molecule has 1 aromatic rings. The van der Waals surface area contributed by atoms with E-state index in [0.717, 1.165) is 28.5 Å². The van der Waals surface area contributed by atoms with Gasteiger partial charge >= 0.3 is 0 Å². The number of nitrogens with zero attached hydrogens (tertiary/aromatic N) is 2. The predicted molar refractivity (Wildman–Crippen MR) is 68.6 cm³/mol. The average Bonchev–Trinajstić information content (AvgIpc) is 2.72. The van der Waals surface area contributed by atoms with Crippen LogP contribution in [0.4, 0.5) is 5.69 Å². The van der Waals surface area contributed by atoms with Crippen molar-refractivity contribution in [2.45, 2.75) is 11.7 Å². The summed E-state index contributed by atoms with van der Waals surface area (Å²) < 4.78 is 0. The monoisotopic (exact) mass is 245 g/mol. The maximum atomic E-state index is 11.8. The highest BCUT2D eigenvalue weighted by Gasteiger charge is 2.32. The van der Waals surface area contributed by atoms with Crippen molar-refractivity contribution in [3.8, 4) is 0 Å². The molecule has 17 heavy (non-hydrogen) atoms. The Labute approximate surface area is 103 Å². The van der Waals surface area contributed by atoms with Gasteiger partial charge in [-0.05, 0) is 12.1 Å². The van der Waals surface area contributed by atoms with Crippen molar-refractivity contribution in [2.75, 3.05) is 5.75 Å². The van der Waals surface area contributed by atoms with Crippen LogP contribution in [0.3, 0.4) is 0 Å². The quantitative estimate of drug-likeness (QED) is 0.815. The molecule has 4 nitrogen and oxygen atoms in total. The summed E-state index contributed by atoms with van der Waals surface area (Å²) in [6.45, 7) is 3.76. The van der Waals surface area contributed by atoms with Gasteiger partial charge in [-0.15, -0.1) is 11.8 Å². The highest BCUT2D eigenvalue weighted by atomic mass is 32.2. The predicted octanol–water partition coefficient (Wildman–Crippen LogP) is 1.46. The fraction of sp³-hybridized carbons (Fsp3) is 0.250. The standard InChI is InChI=1S/C12H11N3OS/c1-7-6-17-11(12(16)14-7)10-5-9-8(15-10)3-2-4-13-9/h2-4,11H,1,5-6H2,(H,14,16). The molecule has 1 N–H and O–H groups in total. The molecule has 0 radical (unpaired) electrons. The van der Waals surface area contributed by atoms with Gasteiger partial charge in [-0.3, -0.25) is 14.8 Å². The molecule has 0 bridgehead atoms. The average molecular weight is 245 g/mol. The molecule has 1 amide bonds. The fourth-order valence-electron chi connectivity index (χ4n) is 1.97. The van der Waals surface area contributed by atoms with Crippen LogP contribution in [0.1, 0.15) is 5.69 Å². The van der Waals surface area contributed by atoms with Crippen molar-refractivity contribution in [3.63, 3.8) is 0 Å². The van der Waals surface area contributed by atoms with Crippen molar-refractivity contribution in [2.24, 2.45) is 4.99 Å². The minimum Gasteiger partial charge on any atom is -0.328 e. The first-order chi connectivity index (χ1) is 8.24. The van der Waals surface area contributed by atoms with E-state index >= 15 is 0 Å². The van der Waals surface area contributed by atoms with E-state index in [2.05, 4.69) is 21.9 Å². The molecular formula is C12H11N3OS. The summed E-state index contributed by atoms with van der Waals surface area (Å²) in [5.74, 6) is 0.733. The molecular weight excluding hydrogens is 234 g/mol. The van der Waals surface area contributed by atoms with E-state index in [1.54, 1.807) is 18.0 Å². The summed E-state index contributed by atoms with van der Waals surface area (Å²) in [5, 5.41) is 2.58. The van der Waals surface area contributed by atoms with Gasteiger partial charge < -0.3 is 5.32 Å². The number of aliphatic imine (C=N–C) groups is 1. The van der Waals surface area contributed by atoms with Crippen LogP contribution in [0, 0.1) is 0 Å². The second kappa shape index (κ2) is 4.00. The molecule has 2 aliphatic heterocycles. The number of aromatic nitrogens is 1. The Morgan fingerprint density at radius 3 is 3.18 bits per heavy atom. The molecule has 0 saturated carbocycles. The molecule has 1 atom stereocenters. The minimum atomic E-state index is -0.199. The third-order valence-corrected chi connectivity index (χ3v) is 4.08. The third kappa shape index (κ3) is 1.86. The van der Waals surface area contributed by atoms with E-state index in [4.69, 9.17) is 0 Å². The van der Waals surface area contributed by atoms with E-state index in [9.17, 15) is 4.79 Å². The Kier molecular flexibility index (Phi) is 2.48. The maximum absolute atomic E-state index is 11.8. The number of carbonyl (C=O) groups excluding carboxylic acids is 1. The molecule has 2 aliphatic rings. The number of thioether (sulfide) groups is 1. The topological polar surface area (TPSA) is 54.4 Å². The summed E-state index contributed by atoms with van der Waals surface area (Å²) >= 11 is 1.58. The second-order valence-corrected chi connectivity index (χ2v) is 5.13. The Morgan fingerprint density at radius 2 is 2.41 bits per heavy atom. The van der Waals surface area contributed by atoms with Crippen LogP contribution in [0.5, 0.6) is 0 Å². The van der Waals surface area contributed by atoms with Gasteiger partial charge in [-0.1, -0.05) is 6.58 Å². The molecule has 0 spiro atoms. The lowest BCUT2D eigenvalue weighted by Gasteiger charge is -2.22. The van der Waals surface area contributed by atoms with E-state index in [1.165, 1.54) is 0 Å². The number of pyridine rings is 1. The van der Waals surface area contributed by atoms with Gasteiger partial charge in [-0.2, -0.15) is 0 Å². The van der Waals surface area contributed by atoms with Crippen molar-refractivity contribution in [1.82, 2.24) is 10.3 Å².